The first-order chi connectivity index (χ1) is 17.3. The van der Waals surface area contributed by atoms with Crippen LogP contribution >= 0.6 is 0 Å². The number of carbonyl (C=O) groups excluding carboxylic acids is 1. The van der Waals surface area contributed by atoms with Crippen molar-refractivity contribution in [1.82, 2.24) is 29.8 Å². The van der Waals surface area contributed by atoms with Crippen LogP contribution in [-0.4, -0.2) is 35.7 Å². The molecule has 36 heavy (non-hydrogen) atoms. The van der Waals surface area contributed by atoms with Gasteiger partial charge in [-0.1, -0.05) is 88.6 Å². The minimum Gasteiger partial charge on any atom is -0.291 e. The summed E-state index contributed by atoms with van der Waals surface area (Å²) in [5.74, 6) is 0.497. The SMILES string of the molecule is CC(C)(C)c1cn(C(=O)C2CCCCC2)c(=O)n1Cc1ccc(-c2ccccc2-c2nnn[nH]2)cc1. The molecule has 186 valence electrons. The summed E-state index contributed by atoms with van der Waals surface area (Å²) >= 11 is 0. The van der Waals surface area contributed by atoms with Crippen LogP contribution in [0.25, 0.3) is 22.5 Å². The molecule has 1 aliphatic carbocycles. The Morgan fingerprint density at radius 2 is 1.69 bits per heavy atom. The highest BCUT2D eigenvalue weighted by Crippen LogP contribution is 2.30. The van der Waals surface area contributed by atoms with Crippen molar-refractivity contribution in [2.24, 2.45) is 5.92 Å². The number of tetrazole rings is 1. The smallest absolute Gasteiger partial charge is 0.291 e. The predicted molar refractivity (Wildman–Crippen MR) is 139 cm³/mol. The predicted octanol–water partition coefficient (Wildman–Crippen LogP) is 5.06. The molecule has 0 saturated heterocycles. The molecule has 8 heteroatoms. The van der Waals surface area contributed by atoms with Gasteiger partial charge in [0.25, 0.3) is 0 Å². The van der Waals surface area contributed by atoms with Crippen molar-refractivity contribution in [3.8, 4) is 22.5 Å². The lowest BCUT2D eigenvalue weighted by Gasteiger charge is -2.20. The van der Waals surface area contributed by atoms with Gasteiger partial charge in [0.05, 0.1) is 6.54 Å². The van der Waals surface area contributed by atoms with E-state index in [1.807, 2.05) is 48.5 Å². The molecule has 0 radical (unpaired) electrons. The molecule has 0 unspecified atom stereocenters. The number of rotatable bonds is 5. The van der Waals surface area contributed by atoms with Gasteiger partial charge in [-0.3, -0.25) is 9.36 Å². The molecule has 2 aromatic carbocycles. The van der Waals surface area contributed by atoms with E-state index >= 15 is 0 Å². The van der Waals surface area contributed by atoms with Gasteiger partial charge in [0.1, 0.15) is 0 Å². The summed E-state index contributed by atoms with van der Waals surface area (Å²) < 4.78 is 3.12. The van der Waals surface area contributed by atoms with E-state index in [-0.39, 0.29) is 22.9 Å². The Balaban J connectivity index is 1.45. The van der Waals surface area contributed by atoms with E-state index in [0.717, 1.165) is 53.6 Å². The molecule has 0 bridgehead atoms. The van der Waals surface area contributed by atoms with Gasteiger partial charge in [0, 0.05) is 28.8 Å². The minimum atomic E-state index is -0.277. The third-order valence-electron chi connectivity index (χ3n) is 7.07. The molecule has 0 amide bonds. The molecule has 0 aliphatic heterocycles. The van der Waals surface area contributed by atoms with E-state index in [1.54, 1.807) is 10.8 Å². The first-order valence-electron chi connectivity index (χ1n) is 12.6. The number of imidazole rings is 1. The maximum atomic E-state index is 13.5. The molecule has 2 aromatic heterocycles. The summed E-state index contributed by atoms with van der Waals surface area (Å²) in [5.41, 5.74) is 4.29. The van der Waals surface area contributed by atoms with Gasteiger partial charge in [-0.25, -0.2) is 14.5 Å². The summed E-state index contributed by atoms with van der Waals surface area (Å²) in [6.07, 6.45) is 6.79. The van der Waals surface area contributed by atoms with Crippen LogP contribution in [0.2, 0.25) is 0 Å². The number of hydrogen-bond acceptors (Lipinski definition) is 5. The van der Waals surface area contributed by atoms with Crippen molar-refractivity contribution < 1.29 is 4.79 Å². The second kappa shape index (κ2) is 9.68. The van der Waals surface area contributed by atoms with E-state index < -0.39 is 0 Å². The Bertz CT molecular complexity index is 1400. The highest BCUT2D eigenvalue weighted by Gasteiger charge is 2.29. The molecule has 1 N–H and O–H groups in total. The van der Waals surface area contributed by atoms with Crippen molar-refractivity contribution in [3.05, 3.63) is 76.5 Å². The Labute approximate surface area is 210 Å². The zero-order valence-corrected chi connectivity index (χ0v) is 21.1. The first kappa shape index (κ1) is 23.9. The Morgan fingerprint density at radius 1 is 1.00 bits per heavy atom. The lowest BCUT2D eigenvalue weighted by Crippen LogP contribution is -2.34. The van der Waals surface area contributed by atoms with Gasteiger partial charge < -0.3 is 0 Å². The number of aromatic nitrogens is 6. The fourth-order valence-corrected chi connectivity index (χ4v) is 5.12. The molecule has 5 rings (SSSR count). The van der Waals surface area contributed by atoms with Gasteiger partial charge >= 0.3 is 5.69 Å². The van der Waals surface area contributed by atoms with Crippen molar-refractivity contribution in [2.75, 3.05) is 0 Å². The molecule has 1 aliphatic rings. The van der Waals surface area contributed by atoms with E-state index in [9.17, 15) is 9.59 Å². The summed E-state index contributed by atoms with van der Waals surface area (Å²) in [4.78, 5) is 26.7. The number of aromatic amines is 1. The van der Waals surface area contributed by atoms with Gasteiger partial charge in [0.15, 0.2) is 5.82 Å². The minimum absolute atomic E-state index is 0.0565. The summed E-state index contributed by atoms with van der Waals surface area (Å²) in [7, 11) is 0. The van der Waals surface area contributed by atoms with Crippen LogP contribution in [0.1, 0.15) is 68.9 Å². The zero-order chi connectivity index (χ0) is 25.3. The second-order valence-corrected chi connectivity index (χ2v) is 10.7. The van der Waals surface area contributed by atoms with Gasteiger partial charge in [-0.2, -0.15) is 0 Å². The maximum Gasteiger partial charge on any atom is 0.335 e. The number of hydrogen-bond donors (Lipinski definition) is 1. The maximum absolute atomic E-state index is 13.5. The lowest BCUT2D eigenvalue weighted by molar-refractivity contribution is 0.0796. The topological polar surface area (TPSA) is 98.5 Å². The van der Waals surface area contributed by atoms with Crippen LogP contribution in [-0.2, 0) is 12.0 Å². The van der Waals surface area contributed by atoms with Crippen LogP contribution in [0.3, 0.4) is 0 Å². The average Bonchev–Trinajstić information content (AvgIpc) is 3.53. The third kappa shape index (κ3) is 4.67. The van der Waals surface area contributed by atoms with Crippen LogP contribution in [0.4, 0.5) is 0 Å². The largest absolute Gasteiger partial charge is 0.335 e. The second-order valence-electron chi connectivity index (χ2n) is 10.7. The average molecular weight is 485 g/mol. The van der Waals surface area contributed by atoms with Crippen LogP contribution in [0.5, 0.6) is 0 Å². The fraction of sp³-hybridized carbons (Fsp3) is 0.393. The standard InChI is InChI=1S/C28H32N6O2/c1-28(2,3)24-18-34(26(35)21-9-5-4-6-10-21)27(36)33(24)17-19-13-15-20(16-14-19)22-11-7-8-12-23(22)25-29-31-32-30-25/h7-8,11-16,18,21H,4-6,9-10,17H2,1-3H3,(H,29,30,31,32). The number of benzene rings is 2. The summed E-state index contributed by atoms with van der Waals surface area (Å²) in [5, 5.41) is 14.3. The van der Waals surface area contributed by atoms with Gasteiger partial charge in [-0.05, 0) is 40.0 Å². The molecule has 8 nitrogen and oxygen atoms in total. The molecule has 0 spiro atoms. The van der Waals surface area contributed by atoms with Crippen LogP contribution in [0.15, 0.2) is 59.5 Å². The molecular formula is C28H32N6O2. The van der Waals surface area contributed by atoms with Gasteiger partial charge in [-0.15, -0.1) is 5.10 Å². The van der Waals surface area contributed by atoms with E-state index in [4.69, 9.17) is 0 Å². The number of nitrogens with one attached hydrogen (secondary N) is 1. The zero-order valence-electron chi connectivity index (χ0n) is 21.1. The fourth-order valence-electron chi connectivity index (χ4n) is 5.12. The van der Waals surface area contributed by atoms with E-state index in [2.05, 4.69) is 41.4 Å². The first-order valence-corrected chi connectivity index (χ1v) is 12.6. The van der Waals surface area contributed by atoms with Gasteiger partial charge in [0.2, 0.25) is 5.91 Å². The molecule has 1 fully saturated rings. The van der Waals surface area contributed by atoms with Crippen molar-refractivity contribution in [1.29, 1.82) is 0 Å². The van der Waals surface area contributed by atoms with Crippen molar-refractivity contribution >= 4 is 5.91 Å². The van der Waals surface area contributed by atoms with E-state index in [1.165, 1.54) is 11.0 Å². The number of nitrogens with zero attached hydrogens (tertiary/aromatic N) is 5. The van der Waals surface area contributed by atoms with Crippen molar-refractivity contribution in [2.45, 2.75) is 64.8 Å². The number of carbonyl (C=O) groups is 1. The monoisotopic (exact) mass is 484 g/mol. The Hall–Kier alpha value is -3.81. The summed E-state index contributed by atoms with van der Waals surface area (Å²) in [6, 6.07) is 16.1. The summed E-state index contributed by atoms with van der Waals surface area (Å²) in [6.45, 7) is 6.63. The quantitative estimate of drug-likeness (QED) is 0.427. The molecule has 0 atom stereocenters. The van der Waals surface area contributed by atoms with Crippen LogP contribution < -0.4 is 5.69 Å². The molecule has 1 saturated carbocycles. The molecule has 4 aromatic rings. The number of H-pyrrole nitrogens is 1. The van der Waals surface area contributed by atoms with Crippen molar-refractivity contribution in [3.63, 3.8) is 0 Å². The van der Waals surface area contributed by atoms with Crippen LogP contribution in [0, 0.1) is 5.92 Å². The Morgan fingerprint density at radius 3 is 2.33 bits per heavy atom. The lowest BCUT2D eigenvalue weighted by atomic mass is 9.88. The molecule has 2 heterocycles. The normalized spacial score (nSPS) is 14.8. The van der Waals surface area contributed by atoms with E-state index in [0.29, 0.717) is 12.4 Å². The molecular weight excluding hydrogens is 452 g/mol. The highest BCUT2D eigenvalue weighted by atomic mass is 16.2. The highest BCUT2D eigenvalue weighted by molar-refractivity contribution is 5.81. The Kier molecular flexibility index (Phi) is 6.43. The third-order valence-corrected chi connectivity index (χ3v) is 7.07.